The van der Waals surface area contributed by atoms with E-state index < -0.39 is 0 Å². The van der Waals surface area contributed by atoms with Gasteiger partial charge in [-0.3, -0.25) is 4.98 Å². The minimum absolute atomic E-state index is 1.08. The molecule has 0 atom stereocenters. The number of hydrogen-bond acceptors (Lipinski definition) is 2. The van der Waals surface area contributed by atoms with Crippen molar-refractivity contribution < 1.29 is 4.90 Å². The van der Waals surface area contributed by atoms with Gasteiger partial charge in [0.2, 0.25) is 0 Å². The second-order valence-corrected chi connectivity index (χ2v) is 5.03. The van der Waals surface area contributed by atoms with Crippen LogP contribution in [0.2, 0.25) is 0 Å². The smallest absolute Gasteiger partial charge is 0.0726 e. The number of piperazine rings is 1. The van der Waals surface area contributed by atoms with E-state index in [4.69, 9.17) is 0 Å². The van der Waals surface area contributed by atoms with Gasteiger partial charge in [0.1, 0.15) is 0 Å². The van der Waals surface area contributed by atoms with Crippen molar-refractivity contribution in [1.29, 1.82) is 0 Å². The molecule has 0 spiro atoms. The number of quaternary nitrogens is 1. The third kappa shape index (κ3) is 2.06. The van der Waals surface area contributed by atoms with Gasteiger partial charge in [0.15, 0.2) is 0 Å². The normalized spacial score (nSPS) is 17.3. The first-order valence-corrected chi connectivity index (χ1v) is 6.52. The second-order valence-electron chi connectivity index (χ2n) is 5.03. The Morgan fingerprint density at radius 2 is 1.94 bits per heavy atom. The van der Waals surface area contributed by atoms with Crippen LogP contribution in [-0.2, 0) is 0 Å². The summed E-state index contributed by atoms with van der Waals surface area (Å²) < 4.78 is 0. The molecule has 0 aliphatic carbocycles. The van der Waals surface area contributed by atoms with Crippen molar-refractivity contribution in [3.63, 3.8) is 0 Å². The van der Waals surface area contributed by atoms with E-state index in [-0.39, 0.29) is 0 Å². The summed E-state index contributed by atoms with van der Waals surface area (Å²) in [5.41, 5.74) is 3.48. The van der Waals surface area contributed by atoms with Crippen molar-refractivity contribution in [3.05, 3.63) is 43.1 Å². The van der Waals surface area contributed by atoms with Gasteiger partial charge in [-0.1, -0.05) is 6.07 Å². The summed E-state index contributed by atoms with van der Waals surface area (Å²) in [5, 5.41) is 1.26. The minimum atomic E-state index is 1.08. The summed E-state index contributed by atoms with van der Waals surface area (Å²) in [5.74, 6) is 0. The Hall–Kier alpha value is -1.61. The Morgan fingerprint density at radius 1 is 1.17 bits per heavy atom. The Morgan fingerprint density at radius 3 is 2.72 bits per heavy atom. The summed E-state index contributed by atoms with van der Waals surface area (Å²) in [4.78, 5) is 8.43. The molecular formula is C15H19N3. The second kappa shape index (κ2) is 4.58. The highest BCUT2D eigenvalue weighted by molar-refractivity contribution is 5.91. The molecule has 3 rings (SSSR count). The maximum Gasteiger partial charge on any atom is 0.0726 e. The van der Waals surface area contributed by atoms with E-state index in [1.165, 1.54) is 16.0 Å². The number of nitrogens with one attached hydrogen (secondary N) is 1. The average Bonchev–Trinajstić information content (AvgIpc) is 2.38. The van der Waals surface area contributed by atoms with Crippen LogP contribution in [0.5, 0.6) is 0 Å². The quantitative estimate of drug-likeness (QED) is 0.753. The third-order valence-electron chi connectivity index (χ3n) is 3.66. The topological polar surface area (TPSA) is 20.6 Å². The molecule has 0 unspecified atom stereocenters. The fraction of sp³-hybridized carbons (Fsp3) is 0.333. The Labute approximate surface area is 108 Å². The molecule has 1 fully saturated rings. The molecule has 2 heterocycles. The van der Waals surface area contributed by atoms with Crippen LogP contribution < -0.4 is 9.80 Å². The predicted molar refractivity (Wildman–Crippen MR) is 74.7 cm³/mol. The Bertz CT molecular complexity index is 557. The molecule has 3 heteroatoms. The van der Waals surface area contributed by atoms with Crippen LogP contribution in [0.1, 0.15) is 5.69 Å². The van der Waals surface area contributed by atoms with Crippen LogP contribution in [0.25, 0.3) is 10.9 Å². The van der Waals surface area contributed by atoms with Gasteiger partial charge in [-0.05, 0) is 31.2 Å². The lowest BCUT2D eigenvalue weighted by Gasteiger charge is -2.35. The number of benzene rings is 1. The first-order valence-electron chi connectivity index (χ1n) is 6.52. The standard InChI is InChI=1S/C15H19N3/c1-12-6-7-13-14(16-12)4-3-5-15(13)18-10-8-17(2)9-11-18/h3-7,17H,2,8-11H2,1H3. The number of hydrogen-bond donors (Lipinski definition) is 1. The van der Waals surface area contributed by atoms with E-state index in [0.717, 1.165) is 37.4 Å². The van der Waals surface area contributed by atoms with Crippen LogP contribution in [0.3, 0.4) is 0 Å². The van der Waals surface area contributed by atoms with Gasteiger partial charge in [0, 0.05) is 16.8 Å². The van der Waals surface area contributed by atoms with E-state index in [2.05, 4.69) is 47.3 Å². The van der Waals surface area contributed by atoms with Crippen molar-refractivity contribution >= 4 is 16.6 Å². The molecule has 18 heavy (non-hydrogen) atoms. The number of rotatable bonds is 1. The lowest BCUT2D eigenvalue weighted by atomic mass is 10.1. The van der Waals surface area contributed by atoms with E-state index in [0.29, 0.717) is 0 Å². The zero-order valence-electron chi connectivity index (χ0n) is 10.8. The first-order chi connectivity index (χ1) is 8.74. The van der Waals surface area contributed by atoms with Crippen LogP contribution in [-0.4, -0.2) is 31.2 Å². The third-order valence-corrected chi connectivity index (χ3v) is 3.66. The summed E-state index contributed by atoms with van der Waals surface area (Å²) in [6.07, 6.45) is 0. The SMILES string of the molecule is [CH2-][NH+]1CCN(c2cccc3nc(C)ccc23)CC1. The van der Waals surface area contributed by atoms with Crippen LogP contribution >= 0.6 is 0 Å². The van der Waals surface area contributed by atoms with Crippen molar-refractivity contribution in [2.24, 2.45) is 0 Å². The van der Waals surface area contributed by atoms with Gasteiger partial charge >= 0.3 is 0 Å². The largest absolute Gasteiger partial charge is 0.465 e. The fourth-order valence-corrected chi connectivity index (χ4v) is 2.58. The number of anilines is 1. The first kappa shape index (κ1) is 11.5. The Kier molecular flexibility index (Phi) is 2.92. The molecule has 0 amide bonds. The zero-order chi connectivity index (χ0) is 12.5. The number of fused-ring (bicyclic) bond motifs is 1. The molecular weight excluding hydrogens is 222 g/mol. The molecule has 0 bridgehead atoms. The summed E-state index contributed by atoms with van der Waals surface area (Å²) in [6.45, 7) is 6.40. The number of aromatic nitrogens is 1. The summed E-state index contributed by atoms with van der Waals surface area (Å²) in [7, 11) is 4.08. The van der Waals surface area contributed by atoms with Gasteiger partial charge < -0.3 is 9.80 Å². The molecule has 2 aromatic rings. The summed E-state index contributed by atoms with van der Waals surface area (Å²) >= 11 is 0. The number of pyridine rings is 1. The van der Waals surface area contributed by atoms with E-state index >= 15 is 0 Å². The van der Waals surface area contributed by atoms with Crippen LogP contribution in [0, 0.1) is 14.0 Å². The molecule has 94 valence electrons. The molecule has 1 N–H and O–H groups in total. The highest BCUT2D eigenvalue weighted by Crippen LogP contribution is 2.25. The van der Waals surface area contributed by atoms with Gasteiger partial charge in [0.05, 0.1) is 31.7 Å². The lowest BCUT2D eigenvalue weighted by Crippen LogP contribution is -3.10. The van der Waals surface area contributed by atoms with Gasteiger partial charge in [0.25, 0.3) is 0 Å². The molecule has 3 nitrogen and oxygen atoms in total. The summed E-state index contributed by atoms with van der Waals surface area (Å²) in [6, 6.07) is 10.7. The maximum absolute atomic E-state index is 4.60. The van der Waals surface area contributed by atoms with Gasteiger partial charge in [-0.15, -0.1) is 0 Å². The molecule has 1 aromatic heterocycles. The highest BCUT2D eigenvalue weighted by Gasteiger charge is 2.16. The molecule has 1 saturated heterocycles. The van der Waals surface area contributed by atoms with Crippen LogP contribution in [0.15, 0.2) is 30.3 Å². The van der Waals surface area contributed by atoms with Crippen LogP contribution in [0.4, 0.5) is 5.69 Å². The zero-order valence-corrected chi connectivity index (χ0v) is 10.8. The van der Waals surface area contributed by atoms with Crippen molar-refractivity contribution in [3.8, 4) is 0 Å². The van der Waals surface area contributed by atoms with E-state index in [9.17, 15) is 0 Å². The van der Waals surface area contributed by atoms with Gasteiger partial charge in [-0.25, -0.2) is 0 Å². The average molecular weight is 241 g/mol. The van der Waals surface area contributed by atoms with E-state index in [1.54, 1.807) is 0 Å². The lowest BCUT2D eigenvalue weighted by molar-refractivity contribution is -0.854. The maximum atomic E-state index is 4.60. The van der Waals surface area contributed by atoms with E-state index in [1.807, 2.05) is 6.92 Å². The Balaban J connectivity index is 2.01. The fourth-order valence-electron chi connectivity index (χ4n) is 2.58. The molecule has 0 saturated carbocycles. The molecule has 1 aromatic carbocycles. The predicted octanol–water partition coefficient (Wildman–Crippen LogP) is 1.04. The molecule has 0 radical (unpaired) electrons. The van der Waals surface area contributed by atoms with Crippen molar-refractivity contribution in [2.45, 2.75) is 6.92 Å². The van der Waals surface area contributed by atoms with Crippen molar-refractivity contribution in [1.82, 2.24) is 4.98 Å². The highest BCUT2D eigenvalue weighted by atomic mass is 15.2. The molecule has 1 aliphatic rings. The number of nitrogens with zero attached hydrogens (tertiary/aromatic N) is 2. The minimum Gasteiger partial charge on any atom is -0.465 e. The monoisotopic (exact) mass is 241 g/mol. The van der Waals surface area contributed by atoms with Gasteiger partial charge in [-0.2, -0.15) is 7.05 Å². The molecule has 1 aliphatic heterocycles. The number of aryl methyl sites for hydroxylation is 1. The van der Waals surface area contributed by atoms with Crippen molar-refractivity contribution in [2.75, 3.05) is 31.1 Å².